The summed E-state index contributed by atoms with van der Waals surface area (Å²) in [6.07, 6.45) is 5.68. The average Bonchev–Trinajstić information content (AvgIpc) is 3.63. The van der Waals surface area contributed by atoms with Crippen molar-refractivity contribution in [3.63, 3.8) is 0 Å². The highest BCUT2D eigenvalue weighted by atomic mass is 16.5. The number of rotatable bonds is 14. The van der Waals surface area contributed by atoms with E-state index in [1.807, 2.05) is 74.5 Å². The third-order valence-electron chi connectivity index (χ3n) is 10.2. The van der Waals surface area contributed by atoms with Crippen LogP contribution < -0.4 is 4.74 Å². The molecule has 0 bridgehead atoms. The highest BCUT2D eigenvalue weighted by Crippen LogP contribution is 2.50. The maximum atomic E-state index is 13.9. The number of amides is 2. The van der Waals surface area contributed by atoms with Crippen molar-refractivity contribution in [3.05, 3.63) is 106 Å². The van der Waals surface area contributed by atoms with Crippen molar-refractivity contribution in [3.8, 4) is 11.5 Å². The lowest BCUT2D eigenvalue weighted by Gasteiger charge is -2.32. The Hall–Kier alpha value is -4.69. The number of carboxylic acids is 1. The number of carbonyl (C=O) groups is 3. The monoisotopic (exact) mass is 663 g/mol. The lowest BCUT2D eigenvalue weighted by atomic mass is 9.69. The van der Waals surface area contributed by atoms with E-state index >= 15 is 0 Å². The molecule has 2 fully saturated rings. The SMILES string of the molecule is Cc1cc(/C=C(/CC[C@H]2OC[C@H]3C2=C(COc2ccccc2)C[C@H]2C(=O)N(CCCCCC(=O)O)C(=O)[C@H]23)c2ccccc2)cc(C)c1O. The fourth-order valence-electron chi connectivity index (χ4n) is 7.81. The van der Waals surface area contributed by atoms with E-state index in [0.29, 0.717) is 57.6 Å². The predicted molar refractivity (Wildman–Crippen MR) is 188 cm³/mol. The molecule has 49 heavy (non-hydrogen) atoms. The third kappa shape index (κ3) is 7.65. The van der Waals surface area contributed by atoms with Gasteiger partial charge in [0.25, 0.3) is 0 Å². The molecule has 2 saturated heterocycles. The van der Waals surface area contributed by atoms with Crippen LogP contribution in [0.1, 0.15) is 67.2 Å². The minimum atomic E-state index is -0.837. The van der Waals surface area contributed by atoms with Crippen molar-refractivity contribution in [1.29, 1.82) is 0 Å². The Morgan fingerprint density at radius 1 is 0.918 bits per heavy atom. The van der Waals surface area contributed by atoms with Crippen LogP contribution in [0, 0.1) is 31.6 Å². The Balaban J connectivity index is 1.25. The molecule has 2 aliphatic heterocycles. The predicted octanol–water partition coefficient (Wildman–Crippen LogP) is 7.37. The first-order chi connectivity index (χ1) is 23.7. The van der Waals surface area contributed by atoms with Crippen LogP contribution in [0.25, 0.3) is 11.6 Å². The van der Waals surface area contributed by atoms with Crippen LogP contribution in [0.4, 0.5) is 0 Å². The first-order valence-corrected chi connectivity index (χ1v) is 17.4. The van der Waals surface area contributed by atoms with Gasteiger partial charge in [0.05, 0.1) is 24.5 Å². The number of para-hydroxylation sites is 1. The molecule has 8 heteroatoms. The number of aryl methyl sites for hydroxylation is 2. The van der Waals surface area contributed by atoms with Gasteiger partial charge < -0.3 is 19.7 Å². The van der Waals surface area contributed by atoms with E-state index < -0.39 is 17.8 Å². The molecule has 4 atom stereocenters. The van der Waals surface area contributed by atoms with Crippen LogP contribution in [0.15, 0.2) is 83.9 Å². The van der Waals surface area contributed by atoms with Crippen LogP contribution in [0.3, 0.4) is 0 Å². The van der Waals surface area contributed by atoms with Crippen LogP contribution in [-0.2, 0) is 19.1 Å². The van der Waals surface area contributed by atoms with Gasteiger partial charge in [-0.2, -0.15) is 0 Å². The third-order valence-corrected chi connectivity index (χ3v) is 10.2. The number of allylic oxidation sites excluding steroid dienone is 1. The number of ether oxygens (including phenoxy) is 2. The van der Waals surface area contributed by atoms with Gasteiger partial charge in [0.15, 0.2) is 0 Å². The molecule has 0 spiro atoms. The highest BCUT2D eigenvalue weighted by molar-refractivity contribution is 6.06. The number of imide groups is 1. The van der Waals surface area contributed by atoms with E-state index in [0.717, 1.165) is 51.1 Å². The molecular formula is C41H45NO7. The molecule has 0 unspecified atom stereocenters. The molecule has 1 aliphatic carbocycles. The number of hydrogen-bond donors (Lipinski definition) is 2. The van der Waals surface area contributed by atoms with Crippen molar-refractivity contribution in [2.75, 3.05) is 19.8 Å². The first-order valence-electron chi connectivity index (χ1n) is 17.4. The van der Waals surface area contributed by atoms with Crippen LogP contribution >= 0.6 is 0 Å². The number of unbranched alkanes of at least 4 members (excludes halogenated alkanes) is 2. The van der Waals surface area contributed by atoms with Gasteiger partial charge in [-0.3, -0.25) is 19.3 Å². The van der Waals surface area contributed by atoms with Gasteiger partial charge in [-0.15, -0.1) is 0 Å². The zero-order valence-electron chi connectivity index (χ0n) is 28.3. The average molecular weight is 664 g/mol. The molecule has 0 aromatic heterocycles. The molecule has 8 nitrogen and oxygen atoms in total. The molecule has 6 rings (SSSR count). The molecule has 3 aromatic carbocycles. The molecule has 2 heterocycles. The number of fused-ring (bicyclic) bond motifs is 3. The van der Waals surface area contributed by atoms with Crippen LogP contribution in [-0.4, -0.2) is 58.8 Å². The normalized spacial score (nSPS) is 22.0. The summed E-state index contributed by atoms with van der Waals surface area (Å²) in [4.78, 5) is 39.9. The summed E-state index contributed by atoms with van der Waals surface area (Å²) in [6, 6.07) is 23.9. The number of likely N-dealkylation sites (tertiary alicyclic amines) is 1. The van der Waals surface area contributed by atoms with Gasteiger partial charge in [0.1, 0.15) is 18.1 Å². The minimum Gasteiger partial charge on any atom is -0.507 e. The van der Waals surface area contributed by atoms with Gasteiger partial charge in [0.2, 0.25) is 11.8 Å². The second kappa shape index (κ2) is 15.2. The Morgan fingerprint density at radius 3 is 2.31 bits per heavy atom. The molecular weight excluding hydrogens is 618 g/mol. The summed E-state index contributed by atoms with van der Waals surface area (Å²) >= 11 is 0. The number of nitrogens with zero attached hydrogens (tertiary/aromatic N) is 1. The van der Waals surface area contributed by atoms with E-state index in [-0.39, 0.29) is 30.3 Å². The van der Waals surface area contributed by atoms with Crippen molar-refractivity contribution >= 4 is 29.4 Å². The highest BCUT2D eigenvalue weighted by Gasteiger charge is 2.56. The number of aromatic hydroxyl groups is 1. The summed E-state index contributed by atoms with van der Waals surface area (Å²) in [6.45, 7) is 4.83. The van der Waals surface area contributed by atoms with Crippen molar-refractivity contribution in [2.24, 2.45) is 17.8 Å². The Bertz CT molecular complexity index is 1720. The summed E-state index contributed by atoms with van der Waals surface area (Å²) in [5, 5.41) is 19.3. The zero-order chi connectivity index (χ0) is 34.5. The lowest BCUT2D eigenvalue weighted by Crippen LogP contribution is -2.35. The lowest BCUT2D eigenvalue weighted by molar-refractivity contribution is -0.141. The quantitative estimate of drug-likeness (QED) is 0.0802. The molecule has 2 amide bonds. The van der Waals surface area contributed by atoms with Gasteiger partial charge in [0, 0.05) is 18.9 Å². The van der Waals surface area contributed by atoms with Crippen molar-refractivity contribution in [1.82, 2.24) is 4.90 Å². The van der Waals surface area contributed by atoms with E-state index in [9.17, 15) is 19.5 Å². The Kier molecular flexibility index (Phi) is 10.6. The number of phenolic OH excluding ortho intramolecular Hbond substituents is 1. The van der Waals surface area contributed by atoms with Gasteiger partial charge in [-0.25, -0.2) is 0 Å². The van der Waals surface area contributed by atoms with Crippen molar-refractivity contribution < 1.29 is 34.1 Å². The summed E-state index contributed by atoms with van der Waals surface area (Å²) in [5.41, 5.74) is 7.08. The minimum absolute atomic E-state index is 0.0847. The van der Waals surface area contributed by atoms with E-state index in [1.165, 1.54) is 4.90 Å². The Morgan fingerprint density at radius 2 is 1.61 bits per heavy atom. The second-order valence-electron chi connectivity index (χ2n) is 13.5. The van der Waals surface area contributed by atoms with E-state index in [4.69, 9.17) is 14.6 Å². The number of hydrogen-bond acceptors (Lipinski definition) is 6. The van der Waals surface area contributed by atoms with Gasteiger partial charge in [-0.1, -0.05) is 61.0 Å². The van der Waals surface area contributed by atoms with Crippen LogP contribution in [0.2, 0.25) is 0 Å². The fraction of sp³-hybridized carbons (Fsp3) is 0.390. The van der Waals surface area contributed by atoms with Gasteiger partial charge in [-0.05, 0) is 109 Å². The number of carboxylic acid groups (broad SMARTS) is 1. The smallest absolute Gasteiger partial charge is 0.303 e. The van der Waals surface area contributed by atoms with Crippen LogP contribution in [0.5, 0.6) is 11.5 Å². The molecule has 0 saturated carbocycles. The van der Waals surface area contributed by atoms with E-state index in [1.54, 1.807) is 0 Å². The molecule has 0 radical (unpaired) electrons. The number of phenols is 1. The number of benzene rings is 3. The number of aliphatic carboxylic acids is 1. The van der Waals surface area contributed by atoms with E-state index in [2.05, 4.69) is 18.2 Å². The zero-order valence-corrected chi connectivity index (χ0v) is 28.3. The molecule has 2 N–H and O–H groups in total. The Labute approximate surface area is 288 Å². The van der Waals surface area contributed by atoms with Crippen molar-refractivity contribution in [2.45, 2.75) is 64.9 Å². The molecule has 256 valence electrons. The molecule has 3 aliphatic rings. The topological polar surface area (TPSA) is 113 Å². The molecule has 3 aromatic rings. The second-order valence-corrected chi connectivity index (χ2v) is 13.5. The first kappa shape index (κ1) is 34.2. The van der Waals surface area contributed by atoms with Gasteiger partial charge >= 0.3 is 5.97 Å². The standard InChI is InChI=1S/C41H45NO7/c1-26-20-28(21-27(2)39(26)45)22-30(29-12-6-3-7-13-29)17-18-35-37-31(24-48-32-14-8-4-9-15-32)23-33-38(34(37)25-49-35)41(47)42(40(33)46)19-11-5-10-16-36(43)44/h3-4,6-9,12-15,20-22,33-35,38,45H,5,10-11,16-19,23-25H2,1-2H3,(H,43,44)/b30-22-/t33-,34+,35-,38-/m1/s1. The summed E-state index contributed by atoms with van der Waals surface area (Å²) in [5.74, 6) is -1.15. The number of carbonyl (C=O) groups excluding carboxylic acids is 2. The summed E-state index contributed by atoms with van der Waals surface area (Å²) in [7, 11) is 0. The fourth-order valence-corrected chi connectivity index (χ4v) is 7.81. The summed E-state index contributed by atoms with van der Waals surface area (Å²) < 4.78 is 12.8. The largest absolute Gasteiger partial charge is 0.507 e. The maximum Gasteiger partial charge on any atom is 0.303 e. The maximum absolute atomic E-state index is 13.9.